The number of urea groups is 1. The van der Waals surface area contributed by atoms with Crippen LogP contribution in [0.1, 0.15) is 44.9 Å². The van der Waals surface area contributed by atoms with Gasteiger partial charge in [0.05, 0.1) is 13.0 Å². The fourth-order valence-corrected chi connectivity index (χ4v) is 3.81. The van der Waals surface area contributed by atoms with Crippen LogP contribution < -0.4 is 15.4 Å². The first-order valence-electron chi connectivity index (χ1n) is 9.66. The molecule has 2 aliphatic rings. The molecular formula is C20H29N3O3. The van der Waals surface area contributed by atoms with Crippen LogP contribution in [-0.4, -0.2) is 43.1 Å². The lowest BCUT2D eigenvalue weighted by atomic mass is 9.95. The van der Waals surface area contributed by atoms with E-state index in [4.69, 9.17) is 4.74 Å². The zero-order valence-electron chi connectivity index (χ0n) is 15.5. The van der Waals surface area contributed by atoms with Crippen LogP contribution in [0.2, 0.25) is 0 Å². The highest BCUT2D eigenvalue weighted by Gasteiger charge is 2.29. The van der Waals surface area contributed by atoms with Gasteiger partial charge >= 0.3 is 6.03 Å². The van der Waals surface area contributed by atoms with Crippen LogP contribution >= 0.6 is 0 Å². The molecule has 1 aliphatic carbocycles. The van der Waals surface area contributed by atoms with Crippen molar-refractivity contribution in [2.45, 2.75) is 51.0 Å². The molecule has 0 aromatic heterocycles. The first-order valence-corrected chi connectivity index (χ1v) is 9.66. The Balaban J connectivity index is 1.51. The summed E-state index contributed by atoms with van der Waals surface area (Å²) < 4.78 is 5.13. The van der Waals surface area contributed by atoms with Crippen LogP contribution in [0.15, 0.2) is 24.3 Å². The summed E-state index contributed by atoms with van der Waals surface area (Å²) in [6, 6.07) is 7.57. The van der Waals surface area contributed by atoms with Crippen LogP contribution in [0.25, 0.3) is 0 Å². The Bertz CT molecular complexity index is 611. The molecule has 3 rings (SSSR count). The van der Waals surface area contributed by atoms with Crippen molar-refractivity contribution in [2.75, 3.05) is 25.5 Å². The number of carbonyl (C=O) groups excluding carboxylic acids is 2. The maximum Gasteiger partial charge on any atom is 0.317 e. The Morgan fingerprint density at radius 1 is 1.04 bits per heavy atom. The maximum absolute atomic E-state index is 12.6. The lowest BCUT2D eigenvalue weighted by Gasteiger charge is -2.34. The molecule has 1 saturated heterocycles. The summed E-state index contributed by atoms with van der Waals surface area (Å²) >= 11 is 0. The normalized spacial score (nSPS) is 21.1. The van der Waals surface area contributed by atoms with Gasteiger partial charge in [0.15, 0.2) is 0 Å². The van der Waals surface area contributed by atoms with Crippen molar-refractivity contribution in [3.8, 4) is 5.75 Å². The van der Waals surface area contributed by atoms with Crippen molar-refractivity contribution in [1.82, 2.24) is 10.2 Å². The van der Waals surface area contributed by atoms with Crippen LogP contribution in [0.5, 0.6) is 5.75 Å². The number of carbonyl (C=O) groups is 2. The lowest BCUT2D eigenvalue weighted by molar-refractivity contribution is -0.121. The molecule has 6 nitrogen and oxygen atoms in total. The zero-order valence-corrected chi connectivity index (χ0v) is 15.5. The summed E-state index contributed by atoms with van der Waals surface area (Å²) in [6.45, 7) is 1.21. The molecule has 0 radical (unpaired) electrons. The second-order valence-electron chi connectivity index (χ2n) is 7.29. The number of piperidine rings is 1. The van der Waals surface area contributed by atoms with E-state index >= 15 is 0 Å². The number of rotatable bonds is 4. The minimum Gasteiger partial charge on any atom is -0.497 e. The van der Waals surface area contributed by atoms with Gasteiger partial charge in [-0.05, 0) is 49.9 Å². The molecule has 26 heavy (non-hydrogen) atoms. The smallest absolute Gasteiger partial charge is 0.317 e. The van der Waals surface area contributed by atoms with E-state index in [9.17, 15) is 9.59 Å². The molecule has 0 unspecified atom stereocenters. The number of amides is 3. The second-order valence-corrected chi connectivity index (χ2v) is 7.29. The Labute approximate surface area is 155 Å². The van der Waals surface area contributed by atoms with E-state index < -0.39 is 0 Å². The molecule has 1 aromatic rings. The highest BCUT2D eigenvalue weighted by atomic mass is 16.5. The number of nitrogens with one attached hydrogen (secondary N) is 2. The molecule has 1 aromatic carbocycles. The third-order valence-corrected chi connectivity index (χ3v) is 5.37. The van der Waals surface area contributed by atoms with Gasteiger partial charge < -0.3 is 20.3 Å². The standard InChI is InChI=1S/C20H29N3O3/c1-26-18-11-9-17(10-12-18)21-19(24)15-6-5-13-23(14-15)20(25)22-16-7-3-2-4-8-16/h9-12,15-16H,2-8,13-14H2,1H3,(H,21,24)(H,22,25)/t15-/m1/s1. The van der Waals surface area contributed by atoms with Crippen molar-refractivity contribution in [1.29, 1.82) is 0 Å². The number of hydrogen-bond acceptors (Lipinski definition) is 3. The molecule has 2 N–H and O–H groups in total. The summed E-state index contributed by atoms with van der Waals surface area (Å²) in [6.07, 6.45) is 7.47. The second kappa shape index (κ2) is 8.92. The van der Waals surface area contributed by atoms with E-state index in [0.29, 0.717) is 12.6 Å². The number of methoxy groups -OCH3 is 1. The van der Waals surface area contributed by atoms with Crippen molar-refractivity contribution >= 4 is 17.6 Å². The molecule has 1 saturated carbocycles. The Morgan fingerprint density at radius 3 is 2.46 bits per heavy atom. The highest BCUT2D eigenvalue weighted by molar-refractivity contribution is 5.93. The van der Waals surface area contributed by atoms with Gasteiger partial charge in [0, 0.05) is 24.8 Å². The van der Waals surface area contributed by atoms with E-state index in [-0.39, 0.29) is 17.9 Å². The van der Waals surface area contributed by atoms with Crippen LogP contribution in [-0.2, 0) is 4.79 Å². The van der Waals surface area contributed by atoms with E-state index in [1.807, 2.05) is 24.3 Å². The van der Waals surface area contributed by atoms with Gasteiger partial charge in [-0.15, -0.1) is 0 Å². The summed E-state index contributed by atoms with van der Waals surface area (Å²) in [7, 11) is 1.61. The predicted octanol–water partition coefficient (Wildman–Crippen LogP) is 3.39. The minimum absolute atomic E-state index is 0.0150. The first-order chi connectivity index (χ1) is 12.7. The number of nitrogens with zero attached hydrogens (tertiary/aromatic N) is 1. The van der Waals surface area contributed by atoms with Crippen molar-refractivity contribution < 1.29 is 14.3 Å². The van der Waals surface area contributed by atoms with Gasteiger partial charge in [-0.25, -0.2) is 4.79 Å². The van der Waals surface area contributed by atoms with Gasteiger partial charge in [-0.1, -0.05) is 19.3 Å². The summed E-state index contributed by atoms with van der Waals surface area (Å²) in [5.74, 6) is 0.569. The van der Waals surface area contributed by atoms with Gasteiger partial charge in [0.2, 0.25) is 5.91 Å². The zero-order chi connectivity index (χ0) is 18.4. The topological polar surface area (TPSA) is 70.7 Å². The number of benzene rings is 1. The lowest BCUT2D eigenvalue weighted by Crippen LogP contribution is -2.50. The average Bonchev–Trinajstić information content (AvgIpc) is 2.69. The van der Waals surface area contributed by atoms with Gasteiger partial charge in [-0.3, -0.25) is 4.79 Å². The van der Waals surface area contributed by atoms with Crippen LogP contribution in [0.4, 0.5) is 10.5 Å². The fourth-order valence-electron chi connectivity index (χ4n) is 3.81. The summed E-state index contributed by atoms with van der Waals surface area (Å²) in [5, 5.41) is 6.10. The summed E-state index contributed by atoms with van der Waals surface area (Å²) in [4.78, 5) is 26.9. The van der Waals surface area contributed by atoms with E-state index in [1.165, 1.54) is 19.3 Å². The third-order valence-electron chi connectivity index (χ3n) is 5.37. The fraction of sp³-hybridized carbons (Fsp3) is 0.600. The van der Waals surface area contributed by atoms with Gasteiger partial charge in [0.25, 0.3) is 0 Å². The largest absolute Gasteiger partial charge is 0.497 e. The van der Waals surface area contributed by atoms with Crippen molar-refractivity contribution in [3.63, 3.8) is 0 Å². The van der Waals surface area contributed by atoms with E-state index in [2.05, 4.69) is 10.6 Å². The molecule has 0 bridgehead atoms. The first kappa shape index (κ1) is 18.5. The highest BCUT2D eigenvalue weighted by Crippen LogP contribution is 2.22. The van der Waals surface area contributed by atoms with Gasteiger partial charge in [0.1, 0.15) is 5.75 Å². The molecule has 2 fully saturated rings. The Kier molecular flexibility index (Phi) is 6.36. The SMILES string of the molecule is COc1ccc(NC(=O)[C@@H]2CCCN(C(=O)NC3CCCCC3)C2)cc1. The van der Waals surface area contributed by atoms with Crippen LogP contribution in [0, 0.1) is 5.92 Å². The average molecular weight is 359 g/mol. The van der Waals surface area contributed by atoms with Crippen LogP contribution in [0.3, 0.4) is 0 Å². The van der Waals surface area contributed by atoms with E-state index in [1.54, 1.807) is 12.0 Å². The predicted molar refractivity (Wildman–Crippen MR) is 101 cm³/mol. The van der Waals surface area contributed by atoms with Gasteiger partial charge in [-0.2, -0.15) is 0 Å². The summed E-state index contributed by atoms with van der Waals surface area (Å²) in [5.41, 5.74) is 0.750. The molecule has 142 valence electrons. The monoisotopic (exact) mass is 359 g/mol. The molecular weight excluding hydrogens is 330 g/mol. The molecule has 3 amide bonds. The molecule has 0 spiro atoms. The minimum atomic E-state index is -0.164. The van der Waals surface area contributed by atoms with E-state index in [0.717, 1.165) is 43.7 Å². The van der Waals surface area contributed by atoms with Crippen molar-refractivity contribution in [3.05, 3.63) is 24.3 Å². The number of anilines is 1. The number of likely N-dealkylation sites (tertiary alicyclic amines) is 1. The molecule has 1 atom stereocenters. The number of ether oxygens (including phenoxy) is 1. The molecule has 6 heteroatoms. The Morgan fingerprint density at radius 2 is 1.77 bits per heavy atom. The van der Waals surface area contributed by atoms with Crippen molar-refractivity contribution in [2.24, 2.45) is 5.92 Å². The molecule has 1 aliphatic heterocycles. The maximum atomic E-state index is 12.6. The quantitative estimate of drug-likeness (QED) is 0.866. The third kappa shape index (κ3) is 4.90. The Hall–Kier alpha value is -2.24. The number of hydrogen-bond donors (Lipinski definition) is 2. The molecule has 1 heterocycles.